The van der Waals surface area contributed by atoms with Crippen molar-refractivity contribution in [1.82, 2.24) is 5.32 Å². The Labute approximate surface area is 125 Å². The van der Waals surface area contributed by atoms with Crippen LogP contribution < -0.4 is 24.8 Å². The maximum Gasteiger partial charge on any atom is 0.238 e. The van der Waals surface area contributed by atoms with Crippen LogP contribution in [0.4, 0.5) is 5.69 Å². The zero-order valence-corrected chi connectivity index (χ0v) is 13.3. The van der Waals surface area contributed by atoms with Gasteiger partial charge in [0.05, 0.1) is 27.9 Å². The van der Waals surface area contributed by atoms with Gasteiger partial charge in [-0.2, -0.15) is 0 Å². The van der Waals surface area contributed by atoms with Crippen molar-refractivity contribution in [1.29, 1.82) is 0 Å². The topological polar surface area (TPSA) is 68.8 Å². The lowest BCUT2D eigenvalue weighted by atomic mass is 10.2. The first-order chi connectivity index (χ1) is 10.0. The summed E-state index contributed by atoms with van der Waals surface area (Å²) in [6.45, 7) is 5.23. The first-order valence-corrected chi connectivity index (χ1v) is 6.82. The maximum atomic E-state index is 11.9. The lowest BCUT2D eigenvalue weighted by molar-refractivity contribution is -0.115. The second kappa shape index (κ2) is 8.36. The summed E-state index contributed by atoms with van der Waals surface area (Å²) in [5, 5.41) is 5.88. The van der Waals surface area contributed by atoms with Crippen LogP contribution in [0.25, 0.3) is 0 Å². The van der Waals surface area contributed by atoms with E-state index in [2.05, 4.69) is 24.5 Å². The van der Waals surface area contributed by atoms with Gasteiger partial charge in [-0.3, -0.25) is 4.79 Å². The van der Waals surface area contributed by atoms with Crippen LogP contribution in [-0.2, 0) is 4.79 Å². The van der Waals surface area contributed by atoms with E-state index >= 15 is 0 Å². The zero-order chi connectivity index (χ0) is 15.8. The predicted molar refractivity (Wildman–Crippen MR) is 82.4 cm³/mol. The van der Waals surface area contributed by atoms with Crippen molar-refractivity contribution in [3.05, 3.63) is 12.1 Å². The number of nitrogens with one attached hydrogen (secondary N) is 2. The number of amides is 1. The van der Waals surface area contributed by atoms with E-state index in [0.717, 1.165) is 6.54 Å². The van der Waals surface area contributed by atoms with Crippen LogP contribution in [0, 0.1) is 5.92 Å². The van der Waals surface area contributed by atoms with Gasteiger partial charge in [0.15, 0.2) is 11.5 Å². The van der Waals surface area contributed by atoms with Gasteiger partial charge in [-0.05, 0) is 12.5 Å². The molecule has 0 unspecified atom stereocenters. The molecule has 1 rings (SSSR count). The minimum Gasteiger partial charge on any atom is -0.493 e. The van der Waals surface area contributed by atoms with Crippen molar-refractivity contribution in [3.8, 4) is 17.2 Å². The molecule has 0 aliphatic carbocycles. The molecule has 0 aliphatic heterocycles. The number of ether oxygens (including phenoxy) is 3. The molecule has 1 aromatic rings. The van der Waals surface area contributed by atoms with Crippen molar-refractivity contribution in [3.63, 3.8) is 0 Å². The third kappa shape index (κ3) is 5.15. The fourth-order valence-corrected chi connectivity index (χ4v) is 1.83. The number of carbonyl (C=O) groups is 1. The number of carbonyl (C=O) groups excluding carboxylic acids is 1. The highest BCUT2D eigenvalue weighted by Gasteiger charge is 2.14. The van der Waals surface area contributed by atoms with Crippen LogP contribution in [0.1, 0.15) is 13.8 Å². The molecule has 1 aromatic carbocycles. The summed E-state index contributed by atoms with van der Waals surface area (Å²) in [5.41, 5.74) is 0.598. The molecule has 0 heterocycles. The number of hydrogen-bond acceptors (Lipinski definition) is 5. The fraction of sp³-hybridized carbons (Fsp3) is 0.533. The Kier molecular flexibility index (Phi) is 6.81. The first-order valence-electron chi connectivity index (χ1n) is 6.82. The van der Waals surface area contributed by atoms with E-state index in [1.165, 1.54) is 21.3 Å². The van der Waals surface area contributed by atoms with Crippen LogP contribution in [0.15, 0.2) is 12.1 Å². The van der Waals surface area contributed by atoms with Gasteiger partial charge in [0, 0.05) is 17.8 Å². The van der Waals surface area contributed by atoms with Crippen LogP contribution in [-0.4, -0.2) is 40.3 Å². The fourth-order valence-electron chi connectivity index (χ4n) is 1.83. The van der Waals surface area contributed by atoms with E-state index < -0.39 is 0 Å². The van der Waals surface area contributed by atoms with E-state index in [9.17, 15) is 4.79 Å². The Morgan fingerprint density at radius 2 is 1.67 bits per heavy atom. The van der Waals surface area contributed by atoms with Crippen molar-refractivity contribution in [2.75, 3.05) is 39.7 Å². The second-order valence-electron chi connectivity index (χ2n) is 4.99. The van der Waals surface area contributed by atoms with Gasteiger partial charge in [-0.15, -0.1) is 0 Å². The molecule has 0 spiro atoms. The third-order valence-electron chi connectivity index (χ3n) is 2.79. The molecule has 0 aromatic heterocycles. The lowest BCUT2D eigenvalue weighted by Gasteiger charge is -2.15. The normalized spacial score (nSPS) is 10.4. The molecule has 0 radical (unpaired) electrons. The van der Waals surface area contributed by atoms with Crippen LogP contribution in [0.2, 0.25) is 0 Å². The van der Waals surface area contributed by atoms with Crippen molar-refractivity contribution >= 4 is 11.6 Å². The first kappa shape index (κ1) is 17.1. The molecule has 1 amide bonds. The highest BCUT2D eigenvalue weighted by Crippen LogP contribution is 2.39. The smallest absolute Gasteiger partial charge is 0.238 e. The van der Waals surface area contributed by atoms with Crippen molar-refractivity contribution < 1.29 is 19.0 Å². The molecule has 0 bridgehead atoms. The van der Waals surface area contributed by atoms with Crippen molar-refractivity contribution in [2.24, 2.45) is 5.92 Å². The van der Waals surface area contributed by atoms with Crippen LogP contribution in [0.3, 0.4) is 0 Å². The number of methoxy groups -OCH3 is 3. The van der Waals surface area contributed by atoms with Gasteiger partial charge in [-0.25, -0.2) is 0 Å². The minimum atomic E-state index is -0.120. The summed E-state index contributed by atoms with van der Waals surface area (Å²) >= 11 is 0. The molecular weight excluding hydrogens is 272 g/mol. The SMILES string of the molecule is COc1cc(NC(=O)CNCC(C)C)cc(OC)c1OC. The molecule has 6 heteroatoms. The molecule has 118 valence electrons. The van der Waals surface area contributed by atoms with Gasteiger partial charge in [-0.1, -0.05) is 13.8 Å². The molecule has 0 atom stereocenters. The van der Waals surface area contributed by atoms with Gasteiger partial charge in [0.2, 0.25) is 11.7 Å². The maximum absolute atomic E-state index is 11.9. The number of benzene rings is 1. The van der Waals surface area contributed by atoms with E-state index in [4.69, 9.17) is 14.2 Å². The predicted octanol–water partition coefficient (Wildman–Crippen LogP) is 1.90. The summed E-state index contributed by atoms with van der Waals surface area (Å²) in [6, 6.07) is 3.39. The Morgan fingerprint density at radius 3 is 2.10 bits per heavy atom. The molecule has 6 nitrogen and oxygen atoms in total. The third-order valence-corrected chi connectivity index (χ3v) is 2.79. The highest BCUT2D eigenvalue weighted by molar-refractivity contribution is 5.93. The number of rotatable bonds is 8. The molecule has 0 aliphatic rings. The Bertz CT molecular complexity index is 450. The summed E-state index contributed by atoms with van der Waals surface area (Å²) < 4.78 is 15.7. The Hall–Kier alpha value is -1.95. The molecule has 0 saturated carbocycles. The monoisotopic (exact) mass is 296 g/mol. The van der Waals surface area contributed by atoms with Gasteiger partial charge < -0.3 is 24.8 Å². The Morgan fingerprint density at radius 1 is 1.10 bits per heavy atom. The van der Waals surface area contributed by atoms with Crippen LogP contribution >= 0.6 is 0 Å². The largest absolute Gasteiger partial charge is 0.493 e. The van der Waals surface area contributed by atoms with Gasteiger partial charge in [0.1, 0.15) is 0 Å². The van der Waals surface area contributed by atoms with Gasteiger partial charge in [0.25, 0.3) is 0 Å². The summed E-state index contributed by atoms with van der Waals surface area (Å²) in [4.78, 5) is 11.9. The minimum absolute atomic E-state index is 0.120. The molecule has 0 fully saturated rings. The molecule has 2 N–H and O–H groups in total. The summed E-state index contributed by atoms with van der Waals surface area (Å²) in [6.07, 6.45) is 0. The molecular formula is C15H24N2O4. The van der Waals surface area contributed by atoms with E-state index in [0.29, 0.717) is 28.9 Å². The summed E-state index contributed by atoms with van der Waals surface area (Å²) in [5.74, 6) is 1.88. The quantitative estimate of drug-likeness (QED) is 0.767. The number of hydrogen-bond donors (Lipinski definition) is 2. The lowest BCUT2D eigenvalue weighted by Crippen LogP contribution is -2.30. The van der Waals surface area contributed by atoms with E-state index in [-0.39, 0.29) is 12.5 Å². The summed E-state index contributed by atoms with van der Waals surface area (Å²) in [7, 11) is 4.61. The zero-order valence-electron chi connectivity index (χ0n) is 13.3. The van der Waals surface area contributed by atoms with Crippen LogP contribution in [0.5, 0.6) is 17.2 Å². The molecule has 0 saturated heterocycles. The van der Waals surface area contributed by atoms with Crippen molar-refractivity contribution in [2.45, 2.75) is 13.8 Å². The average Bonchev–Trinajstić information content (AvgIpc) is 2.45. The van der Waals surface area contributed by atoms with E-state index in [1.807, 2.05) is 0 Å². The number of anilines is 1. The Balaban J connectivity index is 2.77. The second-order valence-corrected chi connectivity index (χ2v) is 4.99. The standard InChI is InChI=1S/C15H24N2O4/c1-10(2)8-16-9-14(18)17-11-6-12(19-3)15(21-5)13(7-11)20-4/h6-7,10,16H,8-9H2,1-5H3,(H,17,18). The van der Waals surface area contributed by atoms with Gasteiger partial charge >= 0.3 is 0 Å². The average molecular weight is 296 g/mol. The highest BCUT2D eigenvalue weighted by atomic mass is 16.5. The van der Waals surface area contributed by atoms with E-state index in [1.54, 1.807) is 12.1 Å². The molecule has 21 heavy (non-hydrogen) atoms.